The van der Waals surface area contributed by atoms with Crippen LogP contribution in [0, 0.1) is 40.8 Å². The predicted molar refractivity (Wildman–Crippen MR) is 128 cm³/mol. The fraction of sp³-hybridized carbons (Fsp3) is 0.379. The van der Waals surface area contributed by atoms with Crippen molar-refractivity contribution in [2.75, 3.05) is 13.2 Å². The molecule has 1 aliphatic carbocycles. The van der Waals surface area contributed by atoms with Gasteiger partial charge in [-0.3, -0.25) is 0 Å². The van der Waals surface area contributed by atoms with Crippen LogP contribution in [0.4, 0.5) is 26.3 Å². The predicted octanol–water partition coefficient (Wildman–Crippen LogP) is 7.67. The van der Waals surface area contributed by atoms with Gasteiger partial charge in [-0.15, -0.1) is 0 Å². The molecule has 3 nitrogen and oxygen atoms in total. The molecule has 3 aromatic carbocycles. The van der Waals surface area contributed by atoms with E-state index in [1.807, 2.05) is 0 Å². The minimum Gasteiger partial charge on any atom is -0.490 e. The summed E-state index contributed by atoms with van der Waals surface area (Å²) in [6.45, 7) is 1.74. The van der Waals surface area contributed by atoms with Crippen LogP contribution >= 0.6 is 0 Å². The third-order valence-corrected chi connectivity index (χ3v) is 7.48. The molecule has 1 saturated heterocycles. The molecular formula is C29H26F6O3. The lowest BCUT2D eigenvalue weighted by atomic mass is 9.78. The van der Waals surface area contributed by atoms with Gasteiger partial charge in [0.2, 0.25) is 5.82 Å². The summed E-state index contributed by atoms with van der Waals surface area (Å²) in [5.74, 6) is -7.56. The number of aliphatic hydroxyl groups is 1. The minimum atomic E-state index is -1.25. The molecule has 5 rings (SSSR count). The fourth-order valence-corrected chi connectivity index (χ4v) is 5.17. The molecule has 0 aromatic heterocycles. The Kier molecular flexibility index (Phi) is 7.42. The van der Waals surface area contributed by atoms with Crippen molar-refractivity contribution < 1.29 is 40.9 Å². The van der Waals surface area contributed by atoms with Gasteiger partial charge in [-0.05, 0) is 62.1 Å². The highest BCUT2D eigenvalue weighted by molar-refractivity contribution is 5.66. The van der Waals surface area contributed by atoms with Crippen LogP contribution in [0.3, 0.4) is 0 Å². The van der Waals surface area contributed by atoms with Gasteiger partial charge in [0.05, 0.1) is 19.3 Å². The van der Waals surface area contributed by atoms with E-state index >= 15 is 8.78 Å². The van der Waals surface area contributed by atoms with Crippen molar-refractivity contribution in [2.45, 2.75) is 50.7 Å². The summed E-state index contributed by atoms with van der Waals surface area (Å²) in [4.78, 5) is 0. The zero-order valence-electron chi connectivity index (χ0n) is 20.5. The Hall–Kier alpha value is -3.04. The third kappa shape index (κ3) is 5.01. The van der Waals surface area contributed by atoms with E-state index in [0.717, 1.165) is 0 Å². The number of halogens is 6. The van der Waals surface area contributed by atoms with Crippen LogP contribution < -0.4 is 4.74 Å². The number of epoxide rings is 1. The number of hydrogen-bond acceptors (Lipinski definition) is 3. The summed E-state index contributed by atoms with van der Waals surface area (Å²) in [6, 6.07) is 7.77. The van der Waals surface area contributed by atoms with Crippen LogP contribution in [0.25, 0.3) is 11.1 Å². The molecule has 2 aliphatic rings. The maximum atomic E-state index is 15.1. The van der Waals surface area contributed by atoms with Gasteiger partial charge in [-0.1, -0.05) is 24.3 Å². The van der Waals surface area contributed by atoms with Crippen LogP contribution in [-0.4, -0.2) is 18.3 Å². The average molecular weight is 537 g/mol. The molecule has 2 atom stereocenters. The van der Waals surface area contributed by atoms with Crippen LogP contribution in [0.15, 0.2) is 36.4 Å². The van der Waals surface area contributed by atoms with E-state index in [2.05, 4.69) is 0 Å². The zero-order valence-corrected chi connectivity index (χ0v) is 20.5. The van der Waals surface area contributed by atoms with Crippen molar-refractivity contribution in [1.82, 2.24) is 0 Å². The van der Waals surface area contributed by atoms with Crippen molar-refractivity contribution in [2.24, 2.45) is 5.92 Å². The maximum absolute atomic E-state index is 15.1. The highest BCUT2D eigenvalue weighted by Crippen LogP contribution is 2.41. The van der Waals surface area contributed by atoms with Crippen LogP contribution in [-0.2, 0) is 4.74 Å². The molecule has 2 unspecified atom stereocenters. The fourth-order valence-electron chi connectivity index (χ4n) is 5.17. The third-order valence-electron chi connectivity index (χ3n) is 7.48. The second-order valence-electron chi connectivity index (χ2n) is 9.97. The molecule has 0 radical (unpaired) electrons. The lowest BCUT2D eigenvalue weighted by Gasteiger charge is -2.29. The van der Waals surface area contributed by atoms with Gasteiger partial charge in [-0.2, -0.15) is 4.39 Å². The first kappa shape index (κ1) is 26.6. The summed E-state index contributed by atoms with van der Waals surface area (Å²) in [7, 11) is 0. The summed E-state index contributed by atoms with van der Waals surface area (Å²) < 4.78 is 98.0. The Morgan fingerprint density at radius 2 is 1.34 bits per heavy atom. The van der Waals surface area contributed by atoms with Gasteiger partial charge >= 0.3 is 0 Å². The SMILES string of the molecule is CC(O)c1ccc(OCC2CCC(c3ccc(-c4ccc(C5CO5)c(F)c4F)c(F)c3F)CC2)c(F)c1F. The number of rotatable bonds is 7. The number of ether oxygens (including phenoxy) is 2. The summed E-state index contributed by atoms with van der Waals surface area (Å²) in [5, 5.41) is 9.50. The molecule has 38 heavy (non-hydrogen) atoms. The van der Waals surface area contributed by atoms with E-state index in [-0.39, 0.29) is 58.6 Å². The van der Waals surface area contributed by atoms with Gasteiger partial charge in [0, 0.05) is 22.3 Å². The van der Waals surface area contributed by atoms with Crippen LogP contribution in [0.1, 0.15) is 67.4 Å². The Morgan fingerprint density at radius 1 is 0.763 bits per heavy atom. The molecule has 1 aliphatic heterocycles. The van der Waals surface area contributed by atoms with E-state index < -0.39 is 47.1 Å². The Bertz CT molecular complexity index is 1350. The van der Waals surface area contributed by atoms with Crippen LogP contribution in [0.5, 0.6) is 5.75 Å². The Labute approximate surface area is 216 Å². The van der Waals surface area contributed by atoms with Gasteiger partial charge in [0.1, 0.15) is 6.10 Å². The second-order valence-corrected chi connectivity index (χ2v) is 9.97. The highest BCUT2D eigenvalue weighted by Gasteiger charge is 2.32. The van der Waals surface area contributed by atoms with Crippen molar-refractivity contribution >= 4 is 0 Å². The first-order valence-corrected chi connectivity index (χ1v) is 12.5. The van der Waals surface area contributed by atoms with Crippen molar-refractivity contribution in [3.05, 3.63) is 88.0 Å². The zero-order chi connectivity index (χ0) is 27.1. The van der Waals surface area contributed by atoms with E-state index in [1.54, 1.807) is 0 Å². The minimum absolute atomic E-state index is 0.00312. The first-order valence-electron chi connectivity index (χ1n) is 12.5. The lowest BCUT2D eigenvalue weighted by Crippen LogP contribution is -2.20. The average Bonchev–Trinajstić information content (AvgIpc) is 3.74. The smallest absolute Gasteiger partial charge is 0.200 e. The van der Waals surface area contributed by atoms with Crippen molar-refractivity contribution in [3.63, 3.8) is 0 Å². The monoisotopic (exact) mass is 536 g/mol. The molecular weight excluding hydrogens is 510 g/mol. The Balaban J connectivity index is 1.24. The van der Waals surface area contributed by atoms with E-state index in [0.29, 0.717) is 25.7 Å². The standard InChI is InChI=1S/C29H26F6O3/c1-14(36)17-10-11-22(29(35)24(17)30)37-12-15-2-4-16(5-3-15)18-6-7-19(26(32)25(18)31)20-8-9-21(23-13-38-23)28(34)27(20)33/h6-11,14-16,23,36H,2-5,12-13H2,1H3. The second kappa shape index (κ2) is 10.6. The molecule has 1 N–H and O–H groups in total. The number of hydrogen-bond donors (Lipinski definition) is 1. The maximum Gasteiger partial charge on any atom is 0.200 e. The summed E-state index contributed by atoms with van der Waals surface area (Å²) in [6.07, 6.45) is 0.540. The first-order chi connectivity index (χ1) is 18.2. The van der Waals surface area contributed by atoms with Gasteiger partial charge < -0.3 is 14.6 Å². The topological polar surface area (TPSA) is 42.0 Å². The molecule has 0 bridgehead atoms. The molecule has 2 fully saturated rings. The quantitative estimate of drug-likeness (QED) is 0.249. The molecule has 9 heteroatoms. The van der Waals surface area contributed by atoms with E-state index in [1.165, 1.54) is 43.3 Å². The van der Waals surface area contributed by atoms with Gasteiger partial charge in [0.25, 0.3) is 0 Å². The number of benzene rings is 3. The highest BCUT2D eigenvalue weighted by atomic mass is 19.2. The molecule has 202 valence electrons. The molecule has 0 spiro atoms. The molecule has 1 heterocycles. The molecule has 1 saturated carbocycles. The van der Waals surface area contributed by atoms with E-state index in [9.17, 15) is 22.7 Å². The summed E-state index contributed by atoms with van der Waals surface area (Å²) in [5.41, 5.74) is -0.663. The summed E-state index contributed by atoms with van der Waals surface area (Å²) >= 11 is 0. The normalized spacial score (nSPS) is 21.8. The molecule has 3 aromatic rings. The largest absolute Gasteiger partial charge is 0.490 e. The Morgan fingerprint density at radius 3 is 1.92 bits per heavy atom. The van der Waals surface area contributed by atoms with Crippen molar-refractivity contribution in [1.29, 1.82) is 0 Å². The molecule has 0 amide bonds. The van der Waals surface area contributed by atoms with E-state index in [4.69, 9.17) is 9.47 Å². The van der Waals surface area contributed by atoms with Crippen LogP contribution in [0.2, 0.25) is 0 Å². The van der Waals surface area contributed by atoms with Gasteiger partial charge in [0.15, 0.2) is 34.8 Å². The van der Waals surface area contributed by atoms with Crippen molar-refractivity contribution in [3.8, 4) is 16.9 Å². The van der Waals surface area contributed by atoms with Gasteiger partial charge in [-0.25, -0.2) is 22.0 Å². The lowest BCUT2D eigenvalue weighted by molar-refractivity contribution is 0.184. The number of aliphatic hydroxyl groups excluding tert-OH is 1.